The van der Waals surface area contributed by atoms with E-state index in [1.165, 1.54) is 0 Å². The lowest BCUT2D eigenvalue weighted by Gasteiger charge is -2.31. The van der Waals surface area contributed by atoms with Crippen molar-refractivity contribution in [2.24, 2.45) is 7.05 Å². The van der Waals surface area contributed by atoms with E-state index in [1.54, 1.807) is 13.0 Å². The van der Waals surface area contributed by atoms with Crippen molar-refractivity contribution in [3.63, 3.8) is 0 Å². The van der Waals surface area contributed by atoms with Gasteiger partial charge in [0, 0.05) is 60.8 Å². The standard InChI is InChI=1S/C29H33Cl2N5O2/c1-5-38-29(37)28-27(26-21(31)14-17(30)15-24(26)36(28)4)33-19-12-10-18(11-13-19)32-25-16-23(35(2)3)20-8-6-7-9-22(20)34-25/h6-9,14-16,18-19,33H,5,10-13H2,1-4H3,(H,32,34). The van der Waals surface area contributed by atoms with Gasteiger partial charge in [-0.2, -0.15) is 0 Å². The third-order valence-electron chi connectivity index (χ3n) is 7.29. The number of carbonyl (C=O) groups is 1. The van der Waals surface area contributed by atoms with E-state index in [9.17, 15) is 4.79 Å². The van der Waals surface area contributed by atoms with E-state index in [0.29, 0.717) is 34.1 Å². The number of hydrogen-bond donors (Lipinski definition) is 2. The maximum Gasteiger partial charge on any atom is 0.357 e. The van der Waals surface area contributed by atoms with Gasteiger partial charge < -0.3 is 24.8 Å². The van der Waals surface area contributed by atoms with Gasteiger partial charge in [-0.15, -0.1) is 0 Å². The van der Waals surface area contributed by atoms with Crippen molar-refractivity contribution in [1.29, 1.82) is 0 Å². The van der Waals surface area contributed by atoms with Gasteiger partial charge in [0.05, 0.1) is 28.4 Å². The van der Waals surface area contributed by atoms with Gasteiger partial charge in [0.2, 0.25) is 0 Å². The SMILES string of the molecule is CCOC(=O)c1c(NC2CCC(Nc3cc(N(C)C)c4ccccc4n3)CC2)c2c(Cl)cc(Cl)cc2n1C. The molecular weight excluding hydrogens is 521 g/mol. The molecular formula is C29H33Cl2N5O2. The topological polar surface area (TPSA) is 71.4 Å². The first kappa shape index (κ1) is 26.4. The maximum atomic E-state index is 12.9. The molecule has 1 aliphatic rings. The summed E-state index contributed by atoms with van der Waals surface area (Å²) in [5.41, 5.74) is 4.10. The van der Waals surface area contributed by atoms with Crippen LogP contribution in [0.2, 0.25) is 10.0 Å². The van der Waals surface area contributed by atoms with Crippen LogP contribution in [0.5, 0.6) is 0 Å². The van der Waals surface area contributed by atoms with Crippen LogP contribution in [0.1, 0.15) is 43.1 Å². The highest BCUT2D eigenvalue weighted by Gasteiger charge is 2.28. The molecule has 5 rings (SSSR count). The van der Waals surface area contributed by atoms with Crippen LogP contribution in [0.3, 0.4) is 0 Å². The van der Waals surface area contributed by atoms with Crippen LogP contribution >= 0.6 is 23.2 Å². The summed E-state index contributed by atoms with van der Waals surface area (Å²) in [4.78, 5) is 19.9. The van der Waals surface area contributed by atoms with E-state index in [4.69, 9.17) is 32.9 Å². The van der Waals surface area contributed by atoms with Crippen LogP contribution in [0.15, 0.2) is 42.5 Å². The minimum Gasteiger partial charge on any atom is -0.461 e. The predicted molar refractivity (Wildman–Crippen MR) is 158 cm³/mol. The number of fused-ring (bicyclic) bond motifs is 2. The largest absolute Gasteiger partial charge is 0.461 e. The first-order valence-electron chi connectivity index (χ1n) is 13.0. The van der Waals surface area contributed by atoms with Crippen LogP contribution in [0, 0.1) is 0 Å². The average molecular weight is 555 g/mol. The van der Waals surface area contributed by atoms with Crippen molar-refractivity contribution in [1.82, 2.24) is 9.55 Å². The number of halogens is 2. The molecule has 0 saturated heterocycles. The molecule has 1 fully saturated rings. The summed E-state index contributed by atoms with van der Waals surface area (Å²) in [7, 11) is 5.95. The first-order chi connectivity index (χ1) is 18.3. The molecule has 0 atom stereocenters. The predicted octanol–water partition coefficient (Wildman–Crippen LogP) is 7.11. The average Bonchev–Trinajstić information content (AvgIpc) is 3.16. The Kier molecular flexibility index (Phi) is 7.59. The highest BCUT2D eigenvalue weighted by Crippen LogP contribution is 2.39. The third kappa shape index (κ3) is 5.09. The van der Waals surface area contributed by atoms with Gasteiger partial charge in [0.1, 0.15) is 5.82 Å². The number of esters is 1. The molecule has 4 aromatic rings. The molecule has 0 aliphatic heterocycles. The number of benzene rings is 2. The zero-order chi connectivity index (χ0) is 27.0. The number of carbonyl (C=O) groups excluding carboxylic acids is 1. The highest BCUT2D eigenvalue weighted by molar-refractivity contribution is 6.40. The Morgan fingerprint density at radius 1 is 1.08 bits per heavy atom. The van der Waals surface area contributed by atoms with Gasteiger partial charge in [-0.25, -0.2) is 9.78 Å². The molecule has 0 spiro atoms. The van der Waals surface area contributed by atoms with Crippen LogP contribution in [0.25, 0.3) is 21.8 Å². The van der Waals surface area contributed by atoms with E-state index in [1.807, 2.05) is 29.8 Å². The van der Waals surface area contributed by atoms with E-state index in [2.05, 4.69) is 47.8 Å². The van der Waals surface area contributed by atoms with Crippen LogP contribution in [-0.2, 0) is 11.8 Å². The van der Waals surface area contributed by atoms with Crippen molar-refractivity contribution in [2.75, 3.05) is 36.2 Å². The fourth-order valence-corrected chi connectivity index (χ4v) is 6.03. The van der Waals surface area contributed by atoms with Crippen LogP contribution < -0.4 is 15.5 Å². The van der Waals surface area contributed by atoms with Gasteiger partial charge in [0.15, 0.2) is 5.69 Å². The number of ether oxygens (including phenoxy) is 1. The van der Waals surface area contributed by atoms with Gasteiger partial charge in [-0.1, -0.05) is 41.4 Å². The lowest BCUT2D eigenvalue weighted by atomic mass is 9.90. The summed E-state index contributed by atoms with van der Waals surface area (Å²) in [5, 5.41) is 10.3. The molecule has 7 nitrogen and oxygen atoms in total. The number of nitrogens with one attached hydrogen (secondary N) is 2. The molecule has 38 heavy (non-hydrogen) atoms. The quantitative estimate of drug-likeness (QED) is 0.237. The number of anilines is 3. The number of nitrogens with zero attached hydrogens (tertiary/aromatic N) is 3. The molecule has 0 radical (unpaired) electrons. The van der Waals surface area contributed by atoms with Crippen molar-refractivity contribution in [3.05, 3.63) is 58.2 Å². The number of aromatic nitrogens is 2. The lowest BCUT2D eigenvalue weighted by Crippen LogP contribution is -2.33. The second-order valence-corrected chi connectivity index (χ2v) is 10.9. The van der Waals surface area contributed by atoms with Crippen LogP contribution in [-0.4, -0.2) is 48.3 Å². The Morgan fingerprint density at radius 2 is 1.76 bits per heavy atom. The Bertz CT molecular complexity index is 1490. The summed E-state index contributed by atoms with van der Waals surface area (Å²) >= 11 is 12.9. The molecule has 2 N–H and O–H groups in total. The molecule has 1 saturated carbocycles. The summed E-state index contributed by atoms with van der Waals surface area (Å²) < 4.78 is 7.20. The number of pyridine rings is 1. The van der Waals surface area contributed by atoms with E-state index in [-0.39, 0.29) is 12.0 Å². The highest BCUT2D eigenvalue weighted by atomic mass is 35.5. The summed E-state index contributed by atoms with van der Waals surface area (Å²) in [6.45, 7) is 2.10. The second-order valence-electron chi connectivity index (χ2n) is 10.1. The number of para-hydroxylation sites is 1. The number of aryl methyl sites for hydroxylation is 1. The zero-order valence-electron chi connectivity index (χ0n) is 22.1. The van der Waals surface area contributed by atoms with Crippen molar-refractivity contribution in [3.8, 4) is 0 Å². The minimum absolute atomic E-state index is 0.195. The fraction of sp³-hybridized carbons (Fsp3) is 0.379. The lowest BCUT2D eigenvalue weighted by molar-refractivity contribution is 0.0517. The normalized spacial score (nSPS) is 17.5. The Morgan fingerprint density at radius 3 is 2.45 bits per heavy atom. The number of hydrogen-bond acceptors (Lipinski definition) is 6. The van der Waals surface area contributed by atoms with Gasteiger partial charge >= 0.3 is 5.97 Å². The Balaban J connectivity index is 1.35. The molecule has 0 amide bonds. The monoisotopic (exact) mass is 553 g/mol. The first-order valence-corrected chi connectivity index (χ1v) is 13.8. The molecule has 2 aromatic heterocycles. The number of rotatable bonds is 7. The molecule has 1 aliphatic carbocycles. The summed E-state index contributed by atoms with van der Waals surface area (Å²) in [6.07, 6.45) is 3.83. The smallest absolute Gasteiger partial charge is 0.357 e. The van der Waals surface area contributed by atoms with Gasteiger partial charge in [-0.05, 0) is 50.8 Å². The van der Waals surface area contributed by atoms with Gasteiger partial charge in [-0.3, -0.25) is 0 Å². The van der Waals surface area contributed by atoms with Crippen molar-refractivity contribution >= 4 is 68.2 Å². The molecule has 2 heterocycles. The Hall–Kier alpha value is -3.16. The van der Waals surface area contributed by atoms with Crippen molar-refractivity contribution in [2.45, 2.75) is 44.7 Å². The third-order valence-corrected chi connectivity index (χ3v) is 7.81. The maximum absolute atomic E-state index is 12.9. The molecule has 2 aromatic carbocycles. The van der Waals surface area contributed by atoms with Gasteiger partial charge in [0.25, 0.3) is 0 Å². The van der Waals surface area contributed by atoms with Crippen LogP contribution in [0.4, 0.5) is 17.2 Å². The van der Waals surface area contributed by atoms with E-state index in [0.717, 1.165) is 59.0 Å². The molecule has 0 bridgehead atoms. The Labute approximate surface area is 233 Å². The zero-order valence-corrected chi connectivity index (χ0v) is 23.7. The second kappa shape index (κ2) is 10.9. The molecule has 9 heteroatoms. The van der Waals surface area contributed by atoms with E-state index >= 15 is 0 Å². The van der Waals surface area contributed by atoms with E-state index < -0.39 is 0 Å². The molecule has 0 unspecified atom stereocenters. The summed E-state index contributed by atoms with van der Waals surface area (Å²) in [5.74, 6) is 0.515. The van der Waals surface area contributed by atoms with Crippen molar-refractivity contribution < 1.29 is 9.53 Å². The minimum atomic E-state index is -0.379. The summed E-state index contributed by atoms with van der Waals surface area (Å²) in [6, 6.07) is 14.4. The molecule has 200 valence electrons. The fourth-order valence-electron chi connectivity index (χ4n) is 5.45.